The number of thioether (sulfide) groups is 1. The molecule has 0 atom stereocenters. The number of rotatable bonds is 5. The van der Waals surface area contributed by atoms with Crippen molar-refractivity contribution in [3.8, 4) is 22.5 Å². The number of nitrogens with one attached hydrogen (secondary N) is 1. The van der Waals surface area contributed by atoms with Gasteiger partial charge < -0.3 is 4.98 Å². The highest BCUT2D eigenvalue weighted by molar-refractivity contribution is 7.98. The largest absolute Gasteiger partial charge is 0.332 e. The van der Waals surface area contributed by atoms with Gasteiger partial charge in [-0.25, -0.2) is 9.97 Å². The van der Waals surface area contributed by atoms with Crippen molar-refractivity contribution in [3.63, 3.8) is 0 Å². The first kappa shape index (κ1) is 17.9. The molecule has 29 heavy (non-hydrogen) atoms. The van der Waals surface area contributed by atoms with Crippen molar-refractivity contribution in [2.45, 2.75) is 10.9 Å². The summed E-state index contributed by atoms with van der Waals surface area (Å²) in [4.78, 5) is 25.8. The molecular weight excluding hydrogens is 400 g/mol. The van der Waals surface area contributed by atoms with Gasteiger partial charge in [0.2, 0.25) is 0 Å². The van der Waals surface area contributed by atoms with Crippen LogP contribution < -0.4 is 5.56 Å². The van der Waals surface area contributed by atoms with E-state index in [2.05, 4.69) is 34.2 Å². The third-order valence-electron chi connectivity index (χ3n) is 4.50. The summed E-state index contributed by atoms with van der Waals surface area (Å²) in [5.41, 5.74) is 4.75. The van der Waals surface area contributed by atoms with Crippen molar-refractivity contribution in [2.24, 2.45) is 0 Å². The number of imidazole rings is 1. The van der Waals surface area contributed by atoms with Crippen LogP contribution in [0, 0.1) is 0 Å². The van der Waals surface area contributed by atoms with Crippen molar-refractivity contribution < 1.29 is 0 Å². The minimum absolute atomic E-state index is 0.0544. The lowest BCUT2D eigenvalue weighted by Crippen LogP contribution is -2.12. The van der Waals surface area contributed by atoms with Crippen molar-refractivity contribution in [3.05, 3.63) is 94.4 Å². The fourth-order valence-corrected chi connectivity index (χ4v) is 4.64. The van der Waals surface area contributed by atoms with Gasteiger partial charge in [-0.2, -0.15) is 0 Å². The zero-order valence-corrected chi connectivity index (χ0v) is 16.9. The number of hydrogen-bond acceptors (Lipinski definition) is 5. The molecule has 0 unspecified atom stereocenters. The van der Waals surface area contributed by atoms with Crippen LogP contribution in [0.15, 0.2) is 88.3 Å². The first-order chi connectivity index (χ1) is 14.3. The van der Waals surface area contributed by atoms with Crippen LogP contribution in [0.3, 0.4) is 0 Å². The summed E-state index contributed by atoms with van der Waals surface area (Å²) in [5.74, 6) is 0.569. The predicted octanol–water partition coefficient (Wildman–Crippen LogP) is 5.11. The Hall–Kier alpha value is -3.16. The zero-order valence-electron chi connectivity index (χ0n) is 15.3. The molecule has 1 N–H and O–H groups in total. The zero-order chi connectivity index (χ0) is 19.6. The fraction of sp³-hybridized carbons (Fsp3) is 0.0455. The standard InChI is InChI=1S/C22H16N4OS2/c27-18-13-17(23-22-26(18)11-12-28-22)14-29-21-24-19(15-7-3-1-4-8-15)20(25-21)16-9-5-2-6-10-16/h1-13H,14H2,(H,24,25). The minimum atomic E-state index is -0.0544. The van der Waals surface area contributed by atoms with E-state index in [0.717, 1.165) is 33.4 Å². The van der Waals surface area contributed by atoms with Crippen molar-refractivity contribution >= 4 is 28.1 Å². The van der Waals surface area contributed by atoms with E-state index < -0.39 is 0 Å². The third kappa shape index (κ3) is 3.62. The third-order valence-corrected chi connectivity index (χ3v) is 6.17. The summed E-state index contributed by atoms with van der Waals surface area (Å²) >= 11 is 3.00. The van der Waals surface area contributed by atoms with Crippen LogP contribution >= 0.6 is 23.1 Å². The summed E-state index contributed by atoms with van der Waals surface area (Å²) in [6, 6.07) is 21.9. The molecule has 142 valence electrons. The Labute approximate surface area is 175 Å². The average Bonchev–Trinajstić information content (AvgIpc) is 3.41. The van der Waals surface area contributed by atoms with E-state index in [0.29, 0.717) is 10.7 Å². The van der Waals surface area contributed by atoms with Gasteiger partial charge in [-0.15, -0.1) is 11.3 Å². The molecule has 0 bridgehead atoms. The number of nitrogens with zero attached hydrogens (tertiary/aromatic N) is 3. The first-order valence-electron chi connectivity index (χ1n) is 9.07. The van der Waals surface area contributed by atoms with Gasteiger partial charge >= 0.3 is 0 Å². The number of aromatic amines is 1. The number of aromatic nitrogens is 4. The highest BCUT2D eigenvalue weighted by Gasteiger charge is 2.15. The maximum absolute atomic E-state index is 12.2. The van der Waals surface area contributed by atoms with Gasteiger partial charge in [0.05, 0.1) is 17.1 Å². The summed E-state index contributed by atoms with van der Waals surface area (Å²) < 4.78 is 1.56. The maximum Gasteiger partial charge on any atom is 0.258 e. The van der Waals surface area contributed by atoms with Crippen LogP contribution in [0.5, 0.6) is 0 Å². The molecule has 5 rings (SSSR count). The molecule has 0 fully saturated rings. The number of hydrogen-bond donors (Lipinski definition) is 1. The summed E-state index contributed by atoms with van der Waals surface area (Å²) in [7, 11) is 0. The maximum atomic E-state index is 12.2. The number of fused-ring (bicyclic) bond motifs is 1. The Morgan fingerprint density at radius 1 is 0.966 bits per heavy atom. The van der Waals surface area contributed by atoms with E-state index in [-0.39, 0.29) is 5.56 Å². The quantitative estimate of drug-likeness (QED) is 0.405. The van der Waals surface area contributed by atoms with Crippen LogP contribution in [-0.2, 0) is 5.75 Å². The van der Waals surface area contributed by atoms with Crippen LogP contribution in [0.2, 0.25) is 0 Å². The van der Waals surface area contributed by atoms with Crippen molar-refractivity contribution in [1.82, 2.24) is 19.4 Å². The van der Waals surface area contributed by atoms with Gasteiger partial charge in [-0.05, 0) is 0 Å². The minimum Gasteiger partial charge on any atom is -0.332 e. The molecule has 3 heterocycles. The average molecular weight is 417 g/mol. The lowest BCUT2D eigenvalue weighted by atomic mass is 10.1. The van der Waals surface area contributed by atoms with Crippen LogP contribution in [0.1, 0.15) is 5.69 Å². The highest BCUT2D eigenvalue weighted by atomic mass is 32.2. The van der Waals surface area contributed by atoms with Gasteiger partial charge in [0.15, 0.2) is 10.1 Å². The van der Waals surface area contributed by atoms with Crippen molar-refractivity contribution in [1.29, 1.82) is 0 Å². The van der Waals surface area contributed by atoms with E-state index >= 15 is 0 Å². The molecule has 0 amide bonds. The van der Waals surface area contributed by atoms with E-state index in [1.807, 2.05) is 41.8 Å². The Kier molecular flexibility index (Phi) is 4.75. The van der Waals surface area contributed by atoms with E-state index in [4.69, 9.17) is 4.98 Å². The Morgan fingerprint density at radius 2 is 1.69 bits per heavy atom. The lowest BCUT2D eigenvalue weighted by Gasteiger charge is -2.02. The van der Waals surface area contributed by atoms with Gasteiger partial charge in [-0.1, -0.05) is 72.4 Å². The fourth-order valence-electron chi connectivity index (χ4n) is 3.14. The SMILES string of the molecule is O=c1cc(CSc2nc(-c3ccccc3)c(-c3ccccc3)[nH]2)nc2sccn12. The molecule has 7 heteroatoms. The molecular formula is C22H16N4OS2. The molecule has 0 aliphatic heterocycles. The summed E-state index contributed by atoms with van der Waals surface area (Å²) in [5, 5.41) is 2.67. The van der Waals surface area contributed by atoms with Gasteiger partial charge in [0.25, 0.3) is 5.56 Å². The number of H-pyrrole nitrogens is 1. The van der Waals surface area contributed by atoms with E-state index in [1.54, 1.807) is 28.4 Å². The molecule has 0 aliphatic carbocycles. The second kappa shape index (κ2) is 7.69. The predicted molar refractivity (Wildman–Crippen MR) is 118 cm³/mol. The molecule has 3 aromatic heterocycles. The number of thiazole rings is 1. The van der Waals surface area contributed by atoms with E-state index in [9.17, 15) is 4.79 Å². The van der Waals surface area contributed by atoms with Crippen LogP contribution in [0.4, 0.5) is 0 Å². The smallest absolute Gasteiger partial charge is 0.258 e. The van der Waals surface area contributed by atoms with Crippen LogP contribution in [-0.4, -0.2) is 19.4 Å². The Balaban J connectivity index is 1.48. The Bertz CT molecular complexity index is 1270. The summed E-state index contributed by atoms with van der Waals surface area (Å²) in [6.07, 6.45) is 1.75. The molecule has 0 saturated heterocycles. The topological polar surface area (TPSA) is 63.0 Å². The Morgan fingerprint density at radius 3 is 2.45 bits per heavy atom. The molecule has 0 aliphatic rings. The van der Waals surface area contributed by atoms with Crippen LogP contribution in [0.25, 0.3) is 27.5 Å². The number of benzene rings is 2. The second-order valence-corrected chi connectivity index (χ2v) is 8.26. The van der Waals surface area contributed by atoms with Gasteiger partial charge in [0.1, 0.15) is 0 Å². The molecule has 0 saturated carbocycles. The lowest BCUT2D eigenvalue weighted by molar-refractivity contribution is 1.03. The monoisotopic (exact) mass is 416 g/mol. The molecule has 0 radical (unpaired) electrons. The second-order valence-electron chi connectivity index (χ2n) is 6.43. The van der Waals surface area contributed by atoms with Gasteiger partial charge in [0, 0.05) is 34.5 Å². The molecule has 0 spiro atoms. The molecule has 5 aromatic rings. The van der Waals surface area contributed by atoms with E-state index in [1.165, 1.54) is 11.3 Å². The van der Waals surface area contributed by atoms with Gasteiger partial charge in [-0.3, -0.25) is 9.20 Å². The normalized spacial score (nSPS) is 11.2. The van der Waals surface area contributed by atoms with Crippen molar-refractivity contribution in [2.75, 3.05) is 0 Å². The highest BCUT2D eigenvalue weighted by Crippen LogP contribution is 2.33. The molecule has 5 nitrogen and oxygen atoms in total. The molecule has 2 aromatic carbocycles. The first-order valence-corrected chi connectivity index (χ1v) is 10.9. The summed E-state index contributed by atoms with van der Waals surface area (Å²) in [6.45, 7) is 0.